The van der Waals surface area contributed by atoms with E-state index in [4.69, 9.17) is 9.72 Å². The molecule has 0 atom stereocenters. The lowest BCUT2D eigenvalue weighted by molar-refractivity contribution is 0.0225. The van der Waals surface area contributed by atoms with Crippen LogP contribution in [0.2, 0.25) is 0 Å². The number of ether oxygens (including phenoxy) is 1. The number of thiazole rings is 1. The van der Waals surface area contributed by atoms with Gasteiger partial charge in [0.25, 0.3) is 0 Å². The molecule has 2 fully saturated rings. The fourth-order valence-corrected chi connectivity index (χ4v) is 5.68. The first-order chi connectivity index (χ1) is 13.4. The number of likely N-dealkylation sites (tertiary alicyclic amines) is 1. The van der Waals surface area contributed by atoms with Gasteiger partial charge in [0, 0.05) is 37.0 Å². The van der Waals surface area contributed by atoms with E-state index in [0.717, 1.165) is 30.7 Å². The molecule has 0 spiro atoms. The number of carbonyl (C=O) groups excluding carboxylic acids is 1. The maximum Gasteiger partial charge on any atom is 0.410 e. The molecule has 6 nitrogen and oxygen atoms in total. The second kappa shape index (κ2) is 8.19. The van der Waals surface area contributed by atoms with Gasteiger partial charge in [-0.25, -0.2) is 9.78 Å². The standard InChI is InChI=1S/C21H34N4O2S/c1-21(2,3)27-20(26)25-14-9-17-18(15-25)28-19(22-17)24-12-7-16(8-13-24)23-10-5-4-6-11-23/h16H,4-15H2,1-3H3. The summed E-state index contributed by atoms with van der Waals surface area (Å²) in [6, 6.07) is 0.758. The molecular formula is C21H34N4O2S. The topological polar surface area (TPSA) is 48.9 Å². The predicted molar refractivity (Wildman–Crippen MR) is 113 cm³/mol. The van der Waals surface area contributed by atoms with Crippen molar-refractivity contribution in [3.05, 3.63) is 10.6 Å². The van der Waals surface area contributed by atoms with Gasteiger partial charge < -0.3 is 19.4 Å². The Morgan fingerprint density at radius 2 is 1.79 bits per heavy atom. The van der Waals surface area contributed by atoms with Gasteiger partial charge in [-0.15, -0.1) is 0 Å². The Hall–Kier alpha value is -1.34. The van der Waals surface area contributed by atoms with E-state index in [1.165, 1.54) is 55.8 Å². The number of nitrogens with zero attached hydrogens (tertiary/aromatic N) is 4. The smallest absolute Gasteiger partial charge is 0.410 e. The summed E-state index contributed by atoms with van der Waals surface area (Å²) in [6.07, 6.45) is 7.25. The maximum absolute atomic E-state index is 12.4. The second-order valence-corrected chi connectivity index (χ2v) is 10.4. The minimum atomic E-state index is -0.449. The van der Waals surface area contributed by atoms with Gasteiger partial charge >= 0.3 is 6.09 Å². The van der Waals surface area contributed by atoms with Gasteiger partial charge in [-0.2, -0.15) is 0 Å². The van der Waals surface area contributed by atoms with Crippen LogP contribution in [0.4, 0.5) is 9.93 Å². The normalized spacial score (nSPS) is 22.2. The zero-order valence-corrected chi connectivity index (χ0v) is 18.4. The van der Waals surface area contributed by atoms with Gasteiger partial charge in [-0.1, -0.05) is 17.8 Å². The van der Waals surface area contributed by atoms with Gasteiger partial charge in [-0.3, -0.25) is 0 Å². The number of aromatic nitrogens is 1. The first-order valence-electron chi connectivity index (χ1n) is 10.8. The summed E-state index contributed by atoms with van der Waals surface area (Å²) in [5.74, 6) is 0. The Balaban J connectivity index is 1.34. The molecular weight excluding hydrogens is 372 g/mol. The lowest BCUT2D eigenvalue weighted by atomic mass is 10.0. The fourth-order valence-electron chi connectivity index (χ4n) is 4.51. The van der Waals surface area contributed by atoms with Crippen LogP contribution in [0.25, 0.3) is 0 Å². The largest absolute Gasteiger partial charge is 0.444 e. The zero-order valence-electron chi connectivity index (χ0n) is 17.6. The summed E-state index contributed by atoms with van der Waals surface area (Å²) < 4.78 is 5.54. The van der Waals surface area contributed by atoms with E-state index in [1.54, 1.807) is 11.3 Å². The molecule has 0 radical (unpaired) electrons. The average molecular weight is 407 g/mol. The molecule has 0 saturated carbocycles. The molecule has 0 unspecified atom stereocenters. The van der Waals surface area contributed by atoms with Crippen molar-refractivity contribution in [1.82, 2.24) is 14.8 Å². The lowest BCUT2D eigenvalue weighted by Crippen LogP contribution is -2.46. The highest BCUT2D eigenvalue weighted by Gasteiger charge is 2.30. The molecule has 3 aliphatic heterocycles. The van der Waals surface area contributed by atoms with Gasteiger partial charge in [0.15, 0.2) is 5.13 Å². The summed E-state index contributed by atoms with van der Waals surface area (Å²) in [4.78, 5) is 25.5. The quantitative estimate of drug-likeness (QED) is 0.746. The van der Waals surface area contributed by atoms with Crippen LogP contribution in [0.1, 0.15) is 63.4 Å². The van der Waals surface area contributed by atoms with Crippen LogP contribution in [0.15, 0.2) is 0 Å². The summed E-state index contributed by atoms with van der Waals surface area (Å²) in [6.45, 7) is 11.9. The number of hydrogen-bond donors (Lipinski definition) is 0. The molecule has 4 rings (SSSR count). The minimum absolute atomic E-state index is 0.213. The first kappa shape index (κ1) is 20.0. The Kier molecular flexibility index (Phi) is 5.83. The third-order valence-corrected chi connectivity index (χ3v) is 7.16. The van der Waals surface area contributed by atoms with E-state index < -0.39 is 5.60 Å². The van der Waals surface area contributed by atoms with Crippen LogP contribution < -0.4 is 4.90 Å². The van der Waals surface area contributed by atoms with Crippen LogP contribution in [0.5, 0.6) is 0 Å². The van der Waals surface area contributed by atoms with Crippen molar-refractivity contribution >= 4 is 22.6 Å². The van der Waals surface area contributed by atoms with E-state index in [0.29, 0.717) is 13.1 Å². The minimum Gasteiger partial charge on any atom is -0.444 e. The number of piperidine rings is 2. The van der Waals surface area contributed by atoms with E-state index in [2.05, 4.69) is 9.80 Å². The first-order valence-corrected chi connectivity index (χ1v) is 11.7. The molecule has 1 aromatic heterocycles. The molecule has 3 aliphatic rings. The third-order valence-electron chi connectivity index (χ3n) is 6.01. The van der Waals surface area contributed by atoms with E-state index in [1.807, 2.05) is 25.7 Å². The molecule has 0 aliphatic carbocycles. The number of carbonyl (C=O) groups is 1. The van der Waals surface area contributed by atoms with Crippen molar-refractivity contribution in [2.24, 2.45) is 0 Å². The molecule has 28 heavy (non-hydrogen) atoms. The highest BCUT2D eigenvalue weighted by Crippen LogP contribution is 2.33. The maximum atomic E-state index is 12.4. The molecule has 1 aromatic rings. The van der Waals surface area contributed by atoms with E-state index in [9.17, 15) is 4.79 Å². The molecule has 0 N–H and O–H groups in total. The molecule has 4 heterocycles. The Morgan fingerprint density at radius 1 is 1.07 bits per heavy atom. The van der Waals surface area contributed by atoms with Crippen LogP contribution in [0.3, 0.4) is 0 Å². The summed E-state index contributed by atoms with van der Waals surface area (Å²) in [7, 11) is 0. The molecule has 0 bridgehead atoms. The molecule has 1 amide bonds. The third kappa shape index (κ3) is 4.62. The van der Waals surface area contributed by atoms with Crippen molar-refractivity contribution in [3.8, 4) is 0 Å². The Morgan fingerprint density at radius 3 is 2.46 bits per heavy atom. The average Bonchev–Trinajstić information content (AvgIpc) is 3.11. The number of hydrogen-bond acceptors (Lipinski definition) is 6. The van der Waals surface area contributed by atoms with Crippen LogP contribution in [-0.2, 0) is 17.7 Å². The molecule has 2 saturated heterocycles. The van der Waals surface area contributed by atoms with Gasteiger partial charge in [-0.05, 0) is 59.5 Å². The molecule has 7 heteroatoms. The summed E-state index contributed by atoms with van der Waals surface area (Å²) >= 11 is 1.77. The van der Waals surface area contributed by atoms with E-state index in [-0.39, 0.29) is 6.09 Å². The highest BCUT2D eigenvalue weighted by molar-refractivity contribution is 7.15. The number of amides is 1. The Bertz CT molecular complexity index is 685. The molecule has 156 valence electrons. The lowest BCUT2D eigenvalue weighted by Gasteiger charge is -2.40. The van der Waals surface area contributed by atoms with E-state index >= 15 is 0 Å². The fraction of sp³-hybridized carbons (Fsp3) is 0.810. The van der Waals surface area contributed by atoms with Crippen LogP contribution >= 0.6 is 11.3 Å². The number of rotatable bonds is 2. The van der Waals surface area contributed by atoms with Crippen molar-refractivity contribution in [2.45, 2.75) is 77.5 Å². The van der Waals surface area contributed by atoms with Gasteiger partial charge in [0.05, 0.1) is 12.2 Å². The van der Waals surface area contributed by atoms with Gasteiger partial charge in [0.1, 0.15) is 5.60 Å². The summed E-state index contributed by atoms with van der Waals surface area (Å²) in [5, 5.41) is 1.15. The van der Waals surface area contributed by atoms with Crippen molar-refractivity contribution in [2.75, 3.05) is 37.6 Å². The number of anilines is 1. The van der Waals surface area contributed by atoms with Crippen molar-refractivity contribution in [1.29, 1.82) is 0 Å². The summed E-state index contributed by atoms with van der Waals surface area (Å²) in [5.41, 5.74) is 0.729. The monoisotopic (exact) mass is 406 g/mol. The number of fused-ring (bicyclic) bond motifs is 1. The predicted octanol–water partition coefficient (Wildman–Crippen LogP) is 3.89. The van der Waals surface area contributed by atoms with Crippen molar-refractivity contribution < 1.29 is 9.53 Å². The Labute approximate surface area is 172 Å². The van der Waals surface area contributed by atoms with Crippen LogP contribution in [0, 0.1) is 0 Å². The van der Waals surface area contributed by atoms with Crippen LogP contribution in [-0.4, -0.2) is 65.2 Å². The SMILES string of the molecule is CC(C)(C)OC(=O)N1CCc2nc(N3CCC(N4CCCCC4)CC3)sc2C1. The zero-order chi connectivity index (χ0) is 19.7. The molecule has 0 aromatic carbocycles. The van der Waals surface area contributed by atoms with Gasteiger partial charge in [0.2, 0.25) is 0 Å². The van der Waals surface area contributed by atoms with Crippen molar-refractivity contribution in [3.63, 3.8) is 0 Å². The highest BCUT2D eigenvalue weighted by atomic mass is 32.1. The second-order valence-electron chi connectivity index (χ2n) is 9.33.